The second-order valence-electron chi connectivity index (χ2n) is 5.54. The highest BCUT2D eigenvalue weighted by atomic mass is 19.4. The van der Waals surface area contributed by atoms with Gasteiger partial charge in [-0.25, -0.2) is 0 Å². The van der Waals surface area contributed by atoms with Crippen LogP contribution in [0.5, 0.6) is 0 Å². The molecular weight excluding hydrogens is 281 g/mol. The predicted molar refractivity (Wildman–Crippen MR) is 74.8 cm³/mol. The summed E-state index contributed by atoms with van der Waals surface area (Å²) in [7, 11) is 0. The third-order valence-corrected chi connectivity index (χ3v) is 3.87. The normalized spacial score (nSPS) is 24.5. The van der Waals surface area contributed by atoms with Crippen molar-refractivity contribution in [2.24, 2.45) is 5.73 Å². The van der Waals surface area contributed by atoms with Gasteiger partial charge in [-0.2, -0.15) is 13.2 Å². The molecule has 118 valence electrons. The van der Waals surface area contributed by atoms with E-state index in [9.17, 15) is 13.2 Å². The molecule has 0 aromatic heterocycles. The number of alkyl halides is 3. The number of rotatable bonds is 3. The van der Waals surface area contributed by atoms with Crippen LogP contribution in [0.2, 0.25) is 0 Å². The minimum Gasteiger partial charge on any atom is -0.374 e. The van der Waals surface area contributed by atoms with Crippen LogP contribution in [-0.4, -0.2) is 36.7 Å². The summed E-state index contributed by atoms with van der Waals surface area (Å²) in [5.41, 5.74) is 5.94. The predicted octanol–water partition coefficient (Wildman–Crippen LogP) is 2.81. The highest BCUT2D eigenvalue weighted by Crippen LogP contribution is 2.34. The van der Waals surface area contributed by atoms with E-state index in [0.29, 0.717) is 13.2 Å². The van der Waals surface area contributed by atoms with Crippen molar-refractivity contribution >= 4 is 0 Å². The van der Waals surface area contributed by atoms with Crippen molar-refractivity contribution in [3.63, 3.8) is 0 Å². The molecule has 1 aliphatic heterocycles. The molecule has 0 spiro atoms. The van der Waals surface area contributed by atoms with Gasteiger partial charge in [0.05, 0.1) is 24.3 Å². The summed E-state index contributed by atoms with van der Waals surface area (Å²) in [6.07, 6.45) is -4.51. The van der Waals surface area contributed by atoms with Gasteiger partial charge in [0, 0.05) is 19.1 Å². The fraction of sp³-hybridized carbons (Fsp3) is 0.600. The molecule has 2 rings (SSSR count). The molecule has 2 N–H and O–H groups in total. The van der Waals surface area contributed by atoms with Crippen LogP contribution in [0.15, 0.2) is 24.3 Å². The standard InChI is InChI=1S/C15H21F3N2O/c1-10(2)20-7-8-21-13(9-19)14(20)11-3-5-12(6-4-11)15(16,17)18/h3-6,10,13-14H,7-9,19H2,1-2H3. The molecule has 6 heteroatoms. The zero-order chi connectivity index (χ0) is 15.6. The van der Waals surface area contributed by atoms with E-state index in [1.807, 2.05) is 0 Å². The van der Waals surface area contributed by atoms with Gasteiger partial charge in [0.15, 0.2) is 0 Å². The van der Waals surface area contributed by atoms with E-state index in [2.05, 4.69) is 18.7 Å². The maximum atomic E-state index is 12.7. The molecule has 1 heterocycles. The van der Waals surface area contributed by atoms with E-state index in [0.717, 1.165) is 24.2 Å². The first-order valence-corrected chi connectivity index (χ1v) is 7.09. The van der Waals surface area contributed by atoms with E-state index >= 15 is 0 Å². The zero-order valence-corrected chi connectivity index (χ0v) is 12.2. The molecule has 0 amide bonds. The Morgan fingerprint density at radius 3 is 2.38 bits per heavy atom. The topological polar surface area (TPSA) is 38.5 Å². The van der Waals surface area contributed by atoms with Gasteiger partial charge in [0.1, 0.15) is 0 Å². The average molecular weight is 302 g/mol. The number of benzene rings is 1. The molecule has 1 fully saturated rings. The van der Waals surface area contributed by atoms with Gasteiger partial charge >= 0.3 is 6.18 Å². The Labute approximate surface area is 122 Å². The summed E-state index contributed by atoms with van der Waals surface area (Å²) in [6, 6.07) is 5.47. The van der Waals surface area contributed by atoms with Crippen molar-refractivity contribution < 1.29 is 17.9 Å². The third-order valence-electron chi connectivity index (χ3n) is 3.87. The molecule has 1 aliphatic rings. The molecule has 2 unspecified atom stereocenters. The second kappa shape index (κ2) is 6.34. The Balaban J connectivity index is 2.31. The van der Waals surface area contributed by atoms with E-state index in [4.69, 9.17) is 10.5 Å². The van der Waals surface area contributed by atoms with Gasteiger partial charge in [-0.15, -0.1) is 0 Å². The summed E-state index contributed by atoms with van der Waals surface area (Å²) >= 11 is 0. The summed E-state index contributed by atoms with van der Waals surface area (Å²) in [5.74, 6) is 0. The van der Waals surface area contributed by atoms with E-state index < -0.39 is 11.7 Å². The zero-order valence-electron chi connectivity index (χ0n) is 12.2. The van der Waals surface area contributed by atoms with Crippen LogP contribution in [0, 0.1) is 0 Å². The lowest BCUT2D eigenvalue weighted by Gasteiger charge is -2.43. The first-order valence-electron chi connectivity index (χ1n) is 7.09. The van der Waals surface area contributed by atoms with Crippen LogP contribution in [0.25, 0.3) is 0 Å². The summed E-state index contributed by atoms with van der Waals surface area (Å²) in [6.45, 7) is 5.82. The molecule has 0 radical (unpaired) electrons. The Hall–Kier alpha value is -1.11. The Bertz CT molecular complexity index is 459. The van der Waals surface area contributed by atoms with Gasteiger partial charge in [0.25, 0.3) is 0 Å². The van der Waals surface area contributed by atoms with E-state index in [1.165, 1.54) is 12.1 Å². The fourth-order valence-corrected chi connectivity index (χ4v) is 2.81. The smallest absolute Gasteiger partial charge is 0.374 e. The van der Waals surface area contributed by atoms with Crippen molar-refractivity contribution in [2.45, 2.75) is 38.2 Å². The third kappa shape index (κ3) is 3.56. The summed E-state index contributed by atoms with van der Waals surface area (Å²) in [4.78, 5) is 2.23. The number of nitrogens with zero attached hydrogens (tertiary/aromatic N) is 1. The lowest BCUT2D eigenvalue weighted by atomic mass is 9.95. The van der Waals surface area contributed by atoms with Crippen molar-refractivity contribution in [1.82, 2.24) is 4.90 Å². The molecule has 0 saturated carbocycles. The van der Waals surface area contributed by atoms with E-state index in [1.54, 1.807) is 0 Å². The van der Waals surface area contributed by atoms with Gasteiger partial charge in [0.2, 0.25) is 0 Å². The lowest BCUT2D eigenvalue weighted by Crippen LogP contribution is -2.50. The van der Waals surface area contributed by atoms with Crippen molar-refractivity contribution in [1.29, 1.82) is 0 Å². The van der Waals surface area contributed by atoms with Crippen LogP contribution in [0.4, 0.5) is 13.2 Å². The quantitative estimate of drug-likeness (QED) is 0.933. The number of nitrogens with two attached hydrogens (primary N) is 1. The highest BCUT2D eigenvalue weighted by molar-refractivity contribution is 5.28. The van der Waals surface area contributed by atoms with E-state index in [-0.39, 0.29) is 18.2 Å². The molecule has 0 aliphatic carbocycles. The van der Waals surface area contributed by atoms with Crippen LogP contribution in [0.1, 0.15) is 31.0 Å². The van der Waals surface area contributed by atoms with Gasteiger partial charge in [-0.3, -0.25) is 4.90 Å². The first-order chi connectivity index (χ1) is 9.84. The highest BCUT2D eigenvalue weighted by Gasteiger charge is 2.35. The van der Waals surface area contributed by atoms with Crippen LogP contribution in [-0.2, 0) is 10.9 Å². The number of hydrogen-bond donors (Lipinski definition) is 1. The van der Waals surface area contributed by atoms with Crippen LogP contribution in [0.3, 0.4) is 0 Å². The van der Waals surface area contributed by atoms with Crippen LogP contribution < -0.4 is 5.73 Å². The maximum absolute atomic E-state index is 12.7. The Kier molecular flexibility index (Phi) is 4.91. The average Bonchev–Trinajstić information content (AvgIpc) is 2.45. The molecule has 21 heavy (non-hydrogen) atoms. The number of morpholine rings is 1. The van der Waals surface area contributed by atoms with Crippen LogP contribution >= 0.6 is 0 Å². The monoisotopic (exact) mass is 302 g/mol. The first kappa shape index (κ1) is 16.3. The van der Waals surface area contributed by atoms with Gasteiger partial charge < -0.3 is 10.5 Å². The van der Waals surface area contributed by atoms with Crippen molar-refractivity contribution in [2.75, 3.05) is 19.7 Å². The Morgan fingerprint density at radius 1 is 1.29 bits per heavy atom. The molecular formula is C15H21F3N2O. The molecule has 1 aromatic carbocycles. The minimum absolute atomic E-state index is 0.106. The summed E-state index contributed by atoms with van der Waals surface area (Å²) < 4.78 is 43.6. The van der Waals surface area contributed by atoms with Gasteiger partial charge in [-0.1, -0.05) is 12.1 Å². The van der Waals surface area contributed by atoms with Crippen molar-refractivity contribution in [3.05, 3.63) is 35.4 Å². The van der Waals surface area contributed by atoms with Gasteiger partial charge in [-0.05, 0) is 31.5 Å². The summed E-state index contributed by atoms with van der Waals surface area (Å²) in [5, 5.41) is 0. The molecule has 2 atom stereocenters. The molecule has 3 nitrogen and oxygen atoms in total. The largest absolute Gasteiger partial charge is 0.416 e. The number of hydrogen-bond acceptors (Lipinski definition) is 3. The Morgan fingerprint density at radius 2 is 1.90 bits per heavy atom. The fourth-order valence-electron chi connectivity index (χ4n) is 2.81. The maximum Gasteiger partial charge on any atom is 0.416 e. The van der Waals surface area contributed by atoms with Crippen molar-refractivity contribution in [3.8, 4) is 0 Å². The molecule has 0 bridgehead atoms. The second-order valence-corrected chi connectivity index (χ2v) is 5.54. The molecule has 1 aromatic rings. The SMILES string of the molecule is CC(C)N1CCOC(CN)C1c1ccc(C(F)(F)F)cc1. The minimum atomic E-state index is -4.31. The number of ether oxygens (including phenoxy) is 1. The lowest BCUT2D eigenvalue weighted by molar-refractivity contribution is -0.137. The molecule has 1 saturated heterocycles. The number of halogens is 3.